The van der Waals surface area contributed by atoms with Crippen LogP contribution in [0.15, 0.2) is 142 Å². The van der Waals surface area contributed by atoms with Crippen LogP contribution in [-0.2, 0) is 62.6 Å². The van der Waals surface area contributed by atoms with Gasteiger partial charge >= 0.3 is 24.2 Å². The highest BCUT2D eigenvalue weighted by molar-refractivity contribution is 5.82. The SMILES string of the molecule is CC(C)(C)OC1CN[C@H](c2ncco2)C1.CC(C)(C)OC1C[C@@H](C(=O)O)N(C(=O)OCc2ccccc2)C1.COC1CN[C@H](C(C)=O)C1.COC1C[C@@H](c2ncco2)N(C(=O)OCc2ccccc2)C1.O=C(OCc1ccccc1)N1CC(O)C[C@H]1c1ncco1. The molecule has 0 spiro atoms. The fourth-order valence-electron chi connectivity index (χ4n) is 10.8. The molecule has 3 aromatic heterocycles. The van der Waals surface area contributed by atoms with Crippen LogP contribution in [0.1, 0.15) is 133 Å². The molecule has 10 atom stereocenters. The number of aliphatic hydroxyl groups is 1. The van der Waals surface area contributed by atoms with Crippen molar-refractivity contribution in [2.45, 2.75) is 172 Å². The Balaban J connectivity index is 0.000000165. The third-order valence-corrected chi connectivity index (χ3v) is 15.0. The predicted octanol–water partition coefficient (Wildman–Crippen LogP) is 9.40. The topological polar surface area (TPSA) is 302 Å². The van der Waals surface area contributed by atoms with E-state index in [9.17, 15) is 34.2 Å². The molecule has 5 saturated heterocycles. The van der Waals surface area contributed by atoms with E-state index in [0.717, 1.165) is 48.5 Å². The van der Waals surface area contributed by atoms with E-state index in [-0.39, 0.29) is 105 Å². The molecule has 5 unspecified atom stereocenters. The van der Waals surface area contributed by atoms with E-state index >= 15 is 0 Å². The minimum absolute atomic E-state index is 0.0324. The molecular weight excluding hydrogens is 1180 g/mol. The van der Waals surface area contributed by atoms with Crippen LogP contribution in [0, 0.1) is 0 Å². The summed E-state index contributed by atoms with van der Waals surface area (Å²) in [5.41, 5.74) is 2.24. The van der Waals surface area contributed by atoms with Crippen LogP contribution in [0.2, 0.25) is 0 Å². The Kier molecular flexibility index (Phi) is 26.6. The molecule has 0 bridgehead atoms. The van der Waals surface area contributed by atoms with Crippen molar-refractivity contribution in [3.05, 3.63) is 163 Å². The molecular formula is C66H88N8O17. The molecule has 5 fully saturated rings. The van der Waals surface area contributed by atoms with Crippen molar-refractivity contribution in [1.82, 2.24) is 40.3 Å². The Morgan fingerprint density at radius 3 is 1.37 bits per heavy atom. The number of ether oxygens (including phenoxy) is 7. The number of oxazole rings is 3. The molecule has 91 heavy (non-hydrogen) atoms. The second kappa shape index (κ2) is 34.4. The van der Waals surface area contributed by atoms with Crippen LogP contribution in [-0.4, -0.2) is 171 Å². The van der Waals surface area contributed by atoms with Crippen molar-refractivity contribution in [3.8, 4) is 0 Å². The summed E-state index contributed by atoms with van der Waals surface area (Å²) in [6.07, 6.45) is 10.5. The molecule has 0 aliphatic carbocycles. The number of aromatic nitrogens is 3. The molecule has 3 aromatic carbocycles. The third kappa shape index (κ3) is 22.7. The van der Waals surface area contributed by atoms with Crippen LogP contribution in [0.3, 0.4) is 0 Å². The number of carbonyl (C=O) groups is 5. The number of methoxy groups -OCH3 is 2. The van der Waals surface area contributed by atoms with Gasteiger partial charge in [-0.1, -0.05) is 91.0 Å². The number of aliphatic hydroxyl groups excluding tert-OH is 1. The number of β-amino-alcohol motifs (C(OH)–C–C–N with tert-alkyl or cyclic N) is 1. The number of hydrogen-bond acceptors (Lipinski definition) is 21. The first kappa shape index (κ1) is 70.4. The van der Waals surface area contributed by atoms with Crippen molar-refractivity contribution in [2.24, 2.45) is 0 Å². The van der Waals surface area contributed by atoms with Crippen LogP contribution in [0.25, 0.3) is 0 Å². The zero-order chi connectivity index (χ0) is 65.5. The summed E-state index contributed by atoms with van der Waals surface area (Å²) in [6.45, 7) is 16.7. The molecule has 494 valence electrons. The van der Waals surface area contributed by atoms with Gasteiger partial charge in [0.1, 0.15) is 62.5 Å². The molecule has 8 heterocycles. The van der Waals surface area contributed by atoms with Crippen LogP contribution in [0.5, 0.6) is 0 Å². The first-order valence-electron chi connectivity index (χ1n) is 30.5. The number of benzene rings is 3. The average Bonchev–Trinajstić information content (AvgIpc) is 2.10. The van der Waals surface area contributed by atoms with Gasteiger partial charge in [-0.3, -0.25) is 19.5 Å². The van der Waals surface area contributed by atoms with Gasteiger partial charge in [-0.05, 0) is 78.0 Å². The fourth-order valence-corrected chi connectivity index (χ4v) is 10.8. The second-order valence-electron chi connectivity index (χ2n) is 24.4. The second-order valence-corrected chi connectivity index (χ2v) is 24.4. The van der Waals surface area contributed by atoms with Gasteiger partial charge in [0.25, 0.3) is 0 Å². The number of Topliss-reactive ketones (excluding diaryl/α,β-unsaturated/α-hetero) is 1. The van der Waals surface area contributed by atoms with E-state index in [2.05, 4.69) is 46.4 Å². The Morgan fingerprint density at radius 1 is 0.527 bits per heavy atom. The molecule has 3 amide bonds. The monoisotopic (exact) mass is 1260 g/mol. The summed E-state index contributed by atoms with van der Waals surface area (Å²) >= 11 is 0. The summed E-state index contributed by atoms with van der Waals surface area (Å²) in [7, 11) is 3.31. The maximum atomic E-state index is 12.4. The summed E-state index contributed by atoms with van der Waals surface area (Å²) in [6, 6.07) is 27.0. The fraction of sp³-hybridized carbons (Fsp3) is 0.515. The first-order chi connectivity index (χ1) is 43.6. The average molecular weight is 1270 g/mol. The largest absolute Gasteiger partial charge is 0.480 e. The van der Waals surface area contributed by atoms with E-state index in [0.29, 0.717) is 31.2 Å². The maximum Gasteiger partial charge on any atom is 0.410 e. The van der Waals surface area contributed by atoms with Crippen molar-refractivity contribution in [3.63, 3.8) is 0 Å². The number of ketones is 1. The number of hydrogen-bond donors (Lipinski definition) is 4. The number of rotatable bonds is 15. The number of amides is 3. The zero-order valence-corrected chi connectivity index (χ0v) is 53.3. The lowest BCUT2D eigenvalue weighted by Gasteiger charge is -2.24. The number of carbonyl (C=O) groups excluding carboxylic acids is 4. The van der Waals surface area contributed by atoms with Gasteiger partial charge in [0.2, 0.25) is 17.7 Å². The number of likely N-dealkylation sites (tertiary alicyclic amines) is 3. The van der Waals surface area contributed by atoms with Gasteiger partial charge < -0.3 is 67.3 Å². The summed E-state index contributed by atoms with van der Waals surface area (Å²) in [4.78, 5) is 75.6. The number of carboxylic acids is 1. The molecule has 25 nitrogen and oxygen atoms in total. The number of carboxylic acid groups (broad SMARTS) is 1. The Hall–Kier alpha value is -8.04. The predicted molar refractivity (Wildman–Crippen MR) is 330 cm³/mol. The standard InChI is InChI=1S/C17H23NO5.C16H18N2O4.C15H16N2O4.C11H18N2O2.C7H13NO2/c1-17(2,3)23-13-9-14(15(19)20)18(10-13)16(21)22-11-12-7-5-4-6-8-12;1-20-13-9-14(15-17-7-8-21-15)18(10-13)16(19)22-11-12-5-3-2-4-6-12;18-12-8-13(14-16-6-7-20-14)17(9-12)15(19)21-10-11-4-2-1-3-5-11;1-11(2,3)15-8-6-9(13-7-8)10-12-4-5-14-10;1-5(9)7-3-6(10-2)4-8-7/h4-8,13-14H,9-11H2,1-3H3,(H,19,20);2-8,13-14H,9-11H2,1H3;1-7,12-13,18H,8-10H2;4-5,8-9,13H,6-7H2,1-3H3;6-8H,3-4H2,1-2H3/t2*13?,14-;12?,13-;8?,9-;6?,7-/m00000/s1. The molecule has 6 aromatic rings. The minimum Gasteiger partial charge on any atom is -0.480 e. The van der Waals surface area contributed by atoms with E-state index in [4.69, 9.17) is 46.4 Å². The van der Waals surface area contributed by atoms with E-state index in [1.807, 2.05) is 112 Å². The lowest BCUT2D eigenvalue weighted by atomic mass is 10.1. The summed E-state index contributed by atoms with van der Waals surface area (Å²) < 4.78 is 53.9. The zero-order valence-electron chi connectivity index (χ0n) is 53.3. The molecule has 11 rings (SSSR count). The van der Waals surface area contributed by atoms with Crippen molar-refractivity contribution in [2.75, 3.05) is 46.9 Å². The van der Waals surface area contributed by atoms with Crippen LogP contribution < -0.4 is 10.6 Å². The number of nitrogens with one attached hydrogen (secondary N) is 2. The van der Waals surface area contributed by atoms with Gasteiger partial charge in [-0.25, -0.2) is 34.1 Å². The normalized spacial score (nSPS) is 23.5. The third-order valence-electron chi connectivity index (χ3n) is 15.0. The van der Waals surface area contributed by atoms with Gasteiger partial charge in [0.15, 0.2) is 0 Å². The van der Waals surface area contributed by atoms with Crippen molar-refractivity contribution < 1.29 is 80.6 Å². The minimum atomic E-state index is -1.04. The molecule has 5 aliphatic rings. The highest BCUT2D eigenvalue weighted by Crippen LogP contribution is 2.34. The van der Waals surface area contributed by atoms with Crippen molar-refractivity contribution in [1.29, 1.82) is 0 Å². The lowest BCUT2D eigenvalue weighted by Crippen LogP contribution is -2.41. The van der Waals surface area contributed by atoms with E-state index in [1.54, 1.807) is 44.7 Å². The Morgan fingerprint density at radius 2 is 0.956 bits per heavy atom. The molecule has 0 radical (unpaired) electrons. The van der Waals surface area contributed by atoms with Crippen LogP contribution in [0.4, 0.5) is 14.4 Å². The quantitative estimate of drug-likeness (QED) is 0.0696. The molecule has 0 saturated carbocycles. The van der Waals surface area contributed by atoms with E-state index < -0.39 is 35.9 Å². The summed E-state index contributed by atoms with van der Waals surface area (Å²) in [5, 5.41) is 25.5. The van der Waals surface area contributed by atoms with Gasteiger partial charge in [0.05, 0.1) is 92.0 Å². The van der Waals surface area contributed by atoms with E-state index in [1.165, 1.54) is 28.5 Å². The lowest BCUT2D eigenvalue weighted by molar-refractivity contribution is -0.142. The van der Waals surface area contributed by atoms with Gasteiger partial charge in [0, 0.05) is 46.6 Å². The highest BCUT2D eigenvalue weighted by Gasteiger charge is 2.43. The van der Waals surface area contributed by atoms with Crippen LogP contribution >= 0.6 is 0 Å². The van der Waals surface area contributed by atoms with Gasteiger partial charge in [-0.15, -0.1) is 0 Å². The summed E-state index contributed by atoms with van der Waals surface area (Å²) in [5.74, 6) is 0.857. The number of aliphatic carboxylic acids is 1. The Labute approximate surface area is 531 Å². The van der Waals surface area contributed by atoms with Crippen molar-refractivity contribution >= 4 is 30.0 Å². The number of nitrogens with zero attached hydrogens (tertiary/aromatic N) is 6. The molecule has 25 heteroatoms. The highest BCUT2D eigenvalue weighted by atomic mass is 16.6. The Bertz CT molecular complexity index is 3090. The molecule has 5 aliphatic heterocycles. The van der Waals surface area contributed by atoms with Gasteiger partial charge in [-0.2, -0.15) is 0 Å². The first-order valence-corrected chi connectivity index (χ1v) is 30.5. The smallest absolute Gasteiger partial charge is 0.410 e. The molecule has 4 N–H and O–H groups in total. The maximum absolute atomic E-state index is 12.4.